The van der Waals surface area contributed by atoms with E-state index in [1.807, 2.05) is 13.0 Å². The molecule has 2 N–H and O–H groups in total. The summed E-state index contributed by atoms with van der Waals surface area (Å²) >= 11 is 0. The van der Waals surface area contributed by atoms with Crippen LogP contribution in [0.4, 0.5) is 0 Å². The Kier molecular flexibility index (Phi) is 1.55. The highest BCUT2D eigenvalue weighted by Gasteiger charge is 2.00. The Hall–Kier alpha value is -1.42. The lowest BCUT2D eigenvalue weighted by molar-refractivity contribution is 0.272. The van der Waals surface area contributed by atoms with E-state index in [0.717, 1.165) is 16.7 Å². The summed E-state index contributed by atoms with van der Waals surface area (Å²) < 4.78 is 0. The van der Waals surface area contributed by atoms with Gasteiger partial charge in [0.05, 0.1) is 0 Å². The van der Waals surface area contributed by atoms with Crippen molar-refractivity contribution in [3.05, 3.63) is 23.8 Å². The SMILES string of the molecule is Cc1cc2cnc(CO)nc2[nH]1. The molecule has 62 valence electrons. The Morgan fingerprint density at radius 1 is 1.58 bits per heavy atom. The molecule has 4 heteroatoms. The summed E-state index contributed by atoms with van der Waals surface area (Å²) in [5, 5.41) is 9.74. The van der Waals surface area contributed by atoms with Gasteiger partial charge in [0.25, 0.3) is 0 Å². The predicted octanol–water partition coefficient (Wildman–Crippen LogP) is 0.759. The molecule has 0 aromatic carbocycles. The Bertz CT molecular complexity index is 408. The number of aromatic amines is 1. The topological polar surface area (TPSA) is 61.8 Å². The molecule has 0 saturated heterocycles. The number of aliphatic hydroxyl groups excluding tert-OH is 1. The van der Waals surface area contributed by atoms with Gasteiger partial charge in [-0.05, 0) is 13.0 Å². The highest BCUT2D eigenvalue weighted by molar-refractivity contribution is 5.75. The van der Waals surface area contributed by atoms with Crippen molar-refractivity contribution >= 4 is 11.0 Å². The van der Waals surface area contributed by atoms with Gasteiger partial charge in [-0.1, -0.05) is 0 Å². The number of fused-ring (bicyclic) bond motifs is 1. The van der Waals surface area contributed by atoms with E-state index in [-0.39, 0.29) is 6.61 Å². The second kappa shape index (κ2) is 2.57. The van der Waals surface area contributed by atoms with Gasteiger partial charge in [-0.15, -0.1) is 0 Å². The van der Waals surface area contributed by atoms with Crippen molar-refractivity contribution in [3.8, 4) is 0 Å². The van der Waals surface area contributed by atoms with E-state index in [2.05, 4.69) is 15.0 Å². The zero-order valence-electron chi connectivity index (χ0n) is 6.70. The fraction of sp³-hybridized carbons (Fsp3) is 0.250. The molecular formula is C8H9N3O. The van der Waals surface area contributed by atoms with Crippen LogP contribution < -0.4 is 0 Å². The Labute approximate surface area is 69.3 Å². The monoisotopic (exact) mass is 163 g/mol. The van der Waals surface area contributed by atoms with Gasteiger partial charge >= 0.3 is 0 Å². The first kappa shape index (κ1) is 7.24. The van der Waals surface area contributed by atoms with Crippen molar-refractivity contribution < 1.29 is 5.11 Å². The molecule has 0 radical (unpaired) electrons. The van der Waals surface area contributed by atoms with Gasteiger partial charge in [0, 0.05) is 17.3 Å². The summed E-state index contributed by atoms with van der Waals surface area (Å²) in [5.74, 6) is 0.448. The van der Waals surface area contributed by atoms with Crippen LogP contribution in [0.25, 0.3) is 11.0 Å². The highest BCUT2D eigenvalue weighted by Crippen LogP contribution is 2.10. The summed E-state index contributed by atoms with van der Waals surface area (Å²) in [7, 11) is 0. The lowest BCUT2D eigenvalue weighted by Gasteiger charge is -1.92. The average molecular weight is 163 g/mol. The van der Waals surface area contributed by atoms with Crippen molar-refractivity contribution in [3.63, 3.8) is 0 Å². The van der Waals surface area contributed by atoms with Gasteiger partial charge in [0.15, 0.2) is 5.82 Å². The predicted molar refractivity (Wildman–Crippen MR) is 44.5 cm³/mol. The first-order valence-corrected chi connectivity index (χ1v) is 3.71. The van der Waals surface area contributed by atoms with E-state index in [9.17, 15) is 0 Å². The summed E-state index contributed by atoms with van der Waals surface area (Å²) in [6.45, 7) is 1.84. The third-order valence-electron chi connectivity index (χ3n) is 1.70. The van der Waals surface area contributed by atoms with Gasteiger partial charge in [-0.2, -0.15) is 0 Å². The molecule has 0 aliphatic carbocycles. The van der Waals surface area contributed by atoms with Crippen LogP contribution in [0.1, 0.15) is 11.5 Å². The van der Waals surface area contributed by atoms with Gasteiger partial charge in [-0.3, -0.25) is 0 Å². The number of aryl methyl sites for hydroxylation is 1. The molecule has 2 rings (SSSR count). The number of aromatic nitrogens is 3. The van der Waals surface area contributed by atoms with Crippen LogP contribution in [0, 0.1) is 6.92 Å². The van der Waals surface area contributed by atoms with E-state index in [0.29, 0.717) is 5.82 Å². The molecule has 2 aromatic rings. The number of hydrogen-bond acceptors (Lipinski definition) is 3. The number of rotatable bonds is 1. The second-order valence-electron chi connectivity index (χ2n) is 2.70. The van der Waals surface area contributed by atoms with E-state index in [1.165, 1.54) is 0 Å². The molecule has 0 aliphatic rings. The lowest BCUT2D eigenvalue weighted by atomic mass is 10.4. The van der Waals surface area contributed by atoms with Crippen molar-refractivity contribution in [2.45, 2.75) is 13.5 Å². The van der Waals surface area contributed by atoms with Gasteiger partial charge in [0.1, 0.15) is 12.3 Å². The number of aliphatic hydroxyl groups is 1. The molecule has 2 aromatic heterocycles. The number of nitrogens with zero attached hydrogens (tertiary/aromatic N) is 2. The largest absolute Gasteiger partial charge is 0.388 e. The van der Waals surface area contributed by atoms with E-state index < -0.39 is 0 Å². The molecule has 2 heterocycles. The molecule has 0 fully saturated rings. The van der Waals surface area contributed by atoms with Gasteiger partial charge in [-0.25, -0.2) is 9.97 Å². The van der Waals surface area contributed by atoms with Crippen LogP contribution >= 0.6 is 0 Å². The zero-order chi connectivity index (χ0) is 8.55. The van der Waals surface area contributed by atoms with Crippen molar-refractivity contribution in [2.24, 2.45) is 0 Å². The molecule has 0 aliphatic heterocycles. The smallest absolute Gasteiger partial charge is 0.156 e. The quantitative estimate of drug-likeness (QED) is 0.652. The van der Waals surface area contributed by atoms with E-state index in [4.69, 9.17) is 5.11 Å². The molecule has 0 atom stereocenters. The molecule has 0 bridgehead atoms. The number of hydrogen-bond donors (Lipinski definition) is 2. The minimum Gasteiger partial charge on any atom is -0.388 e. The third-order valence-corrected chi connectivity index (χ3v) is 1.70. The normalized spacial score (nSPS) is 10.8. The molecule has 0 amide bonds. The van der Waals surface area contributed by atoms with Crippen LogP contribution in [0.2, 0.25) is 0 Å². The summed E-state index contributed by atoms with van der Waals surface area (Å²) in [6.07, 6.45) is 1.71. The summed E-state index contributed by atoms with van der Waals surface area (Å²) in [6, 6.07) is 1.97. The summed E-state index contributed by atoms with van der Waals surface area (Å²) in [5.41, 5.74) is 1.83. The van der Waals surface area contributed by atoms with Crippen LogP contribution in [0.5, 0.6) is 0 Å². The van der Waals surface area contributed by atoms with Gasteiger partial charge < -0.3 is 10.1 Å². The maximum atomic E-state index is 8.76. The van der Waals surface area contributed by atoms with Crippen molar-refractivity contribution in [1.29, 1.82) is 0 Å². The molecule has 0 spiro atoms. The number of H-pyrrole nitrogens is 1. The first-order valence-electron chi connectivity index (χ1n) is 3.71. The zero-order valence-corrected chi connectivity index (χ0v) is 6.70. The summed E-state index contributed by atoms with van der Waals surface area (Å²) in [4.78, 5) is 11.1. The molecule has 12 heavy (non-hydrogen) atoms. The van der Waals surface area contributed by atoms with Crippen molar-refractivity contribution in [1.82, 2.24) is 15.0 Å². The van der Waals surface area contributed by atoms with Crippen LogP contribution in [-0.2, 0) is 6.61 Å². The Morgan fingerprint density at radius 2 is 2.42 bits per heavy atom. The Morgan fingerprint density at radius 3 is 3.17 bits per heavy atom. The first-order chi connectivity index (χ1) is 5.79. The maximum absolute atomic E-state index is 8.76. The van der Waals surface area contributed by atoms with Crippen LogP contribution in [0.3, 0.4) is 0 Å². The molecule has 0 saturated carbocycles. The molecule has 0 unspecified atom stereocenters. The minimum atomic E-state index is -0.117. The number of nitrogens with one attached hydrogen (secondary N) is 1. The Balaban J connectivity index is 2.66. The standard InChI is InChI=1S/C8H9N3O/c1-5-2-6-3-9-7(4-12)11-8(6)10-5/h2-3,12H,4H2,1H3,(H,9,10,11). The fourth-order valence-corrected chi connectivity index (χ4v) is 1.17. The fourth-order valence-electron chi connectivity index (χ4n) is 1.17. The van der Waals surface area contributed by atoms with Crippen LogP contribution in [0.15, 0.2) is 12.3 Å². The van der Waals surface area contributed by atoms with E-state index in [1.54, 1.807) is 6.20 Å². The average Bonchev–Trinajstić information content (AvgIpc) is 2.43. The molecular weight excluding hydrogens is 154 g/mol. The van der Waals surface area contributed by atoms with Gasteiger partial charge in [0.2, 0.25) is 0 Å². The lowest BCUT2D eigenvalue weighted by Crippen LogP contribution is -1.92. The second-order valence-corrected chi connectivity index (χ2v) is 2.70. The maximum Gasteiger partial charge on any atom is 0.156 e. The van der Waals surface area contributed by atoms with Crippen molar-refractivity contribution in [2.75, 3.05) is 0 Å². The highest BCUT2D eigenvalue weighted by atomic mass is 16.3. The van der Waals surface area contributed by atoms with Crippen LogP contribution in [-0.4, -0.2) is 20.1 Å². The molecule has 4 nitrogen and oxygen atoms in total. The third kappa shape index (κ3) is 1.06. The van der Waals surface area contributed by atoms with E-state index >= 15 is 0 Å². The minimum absolute atomic E-state index is 0.117.